The molecule has 1 atom stereocenters. The SMILES string of the molecule is CN=C(NCCCOCCOC)NCc1ccc(C)cc1OCC1CCOC1.I. The molecule has 7 nitrogen and oxygen atoms in total. The Hall–Kier alpha value is -1.10. The number of hydrogen-bond donors (Lipinski definition) is 2. The molecule has 0 aromatic heterocycles. The highest BCUT2D eigenvalue weighted by Gasteiger charge is 2.17. The molecule has 1 aromatic rings. The van der Waals surface area contributed by atoms with Crippen LogP contribution in [0.25, 0.3) is 0 Å². The lowest BCUT2D eigenvalue weighted by Gasteiger charge is -2.17. The Labute approximate surface area is 191 Å². The molecule has 0 spiro atoms. The van der Waals surface area contributed by atoms with Gasteiger partial charge in [-0.3, -0.25) is 4.99 Å². The van der Waals surface area contributed by atoms with E-state index in [0.29, 0.717) is 38.9 Å². The maximum Gasteiger partial charge on any atom is 0.191 e. The first-order chi connectivity index (χ1) is 13.7. The number of nitrogens with one attached hydrogen (secondary N) is 2. The molecule has 1 aromatic carbocycles. The van der Waals surface area contributed by atoms with Crippen molar-refractivity contribution in [2.75, 3.05) is 60.3 Å². The van der Waals surface area contributed by atoms with E-state index in [9.17, 15) is 0 Å². The van der Waals surface area contributed by atoms with E-state index >= 15 is 0 Å². The highest BCUT2D eigenvalue weighted by Crippen LogP contribution is 2.22. The molecular weight excluding hydrogens is 485 g/mol. The van der Waals surface area contributed by atoms with Crippen molar-refractivity contribution >= 4 is 29.9 Å². The van der Waals surface area contributed by atoms with Crippen molar-refractivity contribution in [3.8, 4) is 5.75 Å². The molecule has 0 aliphatic carbocycles. The highest BCUT2D eigenvalue weighted by molar-refractivity contribution is 14.0. The minimum Gasteiger partial charge on any atom is -0.493 e. The summed E-state index contributed by atoms with van der Waals surface area (Å²) in [5, 5.41) is 6.67. The van der Waals surface area contributed by atoms with E-state index in [1.165, 1.54) is 5.56 Å². The Morgan fingerprint density at radius 1 is 1.24 bits per heavy atom. The number of halogens is 1. The highest BCUT2D eigenvalue weighted by atomic mass is 127. The van der Waals surface area contributed by atoms with Gasteiger partial charge < -0.3 is 29.6 Å². The first kappa shape index (κ1) is 25.9. The third-order valence-electron chi connectivity index (χ3n) is 4.58. The molecule has 1 aliphatic rings. The van der Waals surface area contributed by atoms with Gasteiger partial charge >= 0.3 is 0 Å². The van der Waals surface area contributed by atoms with Crippen LogP contribution in [-0.4, -0.2) is 66.3 Å². The lowest BCUT2D eigenvalue weighted by molar-refractivity contribution is 0.0698. The van der Waals surface area contributed by atoms with Gasteiger partial charge in [0.05, 0.1) is 26.4 Å². The molecular formula is C21H36IN3O4. The van der Waals surface area contributed by atoms with Crippen LogP contribution in [0.15, 0.2) is 23.2 Å². The number of nitrogens with zero attached hydrogens (tertiary/aromatic N) is 1. The van der Waals surface area contributed by atoms with E-state index in [-0.39, 0.29) is 24.0 Å². The van der Waals surface area contributed by atoms with Gasteiger partial charge in [-0.25, -0.2) is 0 Å². The molecule has 0 bridgehead atoms. The van der Waals surface area contributed by atoms with E-state index in [2.05, 4.69) is 40.7 Å². The molecule has 8 heteroatoms. The fourth-order valence-corrected chi connectivity index (χ4v) is 2.89. The lowest BCUT2D eigenvalue weighted by Crippen LogP contribution is -2.37. The summed E-state index contributed by atoms with van der Waals surface area (Å²) in [6, 6.07) is 6.32. The Kier molecular flexibility index (Phi) is 14.0. The average molecular weight is 521 g/mol. The molecule has 0 radical (unpaired) electrons. The van der Waals surface area contributed by atoms with Gasteiger partial charge in [-0.15, -0.1) is 24.0 Å². The zero-order chi connectivity index (χ0) is 20.0. The monoisotopic (exact) mass is 521 g/mol. The standard InChI is InChI=1S/C21H35N3O4.HI/c1-17-5-6-19(20(13-17)28-16-18-7-10-27-15-18)14-24-21(22-2)23-8-4-9-26-12-11-25-3;/h5-6,13,18H,4,7-12,14-16H2,1-3H3,(H2,22,23,24);1H. The van der Waals surface area contributed by atoms with Gasteiger partial charge in [-0.1, -0.05) is 12.1 Å². The van der Waals surface area contributed by atoms with Crippen molar-refractivity contribution in [3.05, 3.63) is 29.3 Å². The Balaban J connectivity index is 0.00000420. The van der Waals surface area contributed by atoms with Crippen molar-refractivity contribution < 1.29 is 18.9 Å². The summed E-state index contributed by atoms with van der Waals surface area (Å²) in [6.07, 6.45) is 1.98. The zero-order valence-electron chi connectivity index (χ0n) is 17.9. The van der Waals surface area contributed by atoms with Gasteiger partial charge in [0, 0.05) is 51.9 Å². The molecule has 1 unspecified atom stereocenters. The number of hydrogen-bond acceptors (Lipinski definition) is 5. The average Bonchev–Trinajstić information content (AvgIpc) is 3.22. The minimum absolute atomic E-state index is 0. The summed E-state index contributed by atoms with van der Waals surface area (Å²) < 4.78 is 22.0. The van der Waals surface area contributed by atoms with Crippen LogP contribution in [0.2, 0.25) is 0 Å². The smallest absolute Gasteiger partial charge is 0.191 e. The maximum atomic E-state index is 6.11. The lowest BCUT2D eigenvalue weighted by atomic mass is 10.1. The molecule has 29 heavy (non-hydrogen) atoms. The molecule has 166 valence electrons. The molecule has 1 saturated heterocycles. The van der Waals surface area contributed by atoms with E-state index in [0.717, 1.165) is 49.9 Å². The van der Waals surface area contributed by atoms with Crippen molar-refractivity contribution in [1.29, 1.82) is 0 Å². The van der Waals surface area contributed by atoms with Gasteiger partial charge in [0.1, 0.15) is 5.75 Å². The summed E-state index contributed by atoms with van der Waals surface area (Å²) in [7, 11) is 3.45. The second-order valence-corrected chi connectivity index (χ2v) is 6.96. The van der Waals surface area contributed by atoms with Crippen molar-refractivity contribution in [3.63, 3.8) is 0 Å². The summed E-state index contributed by atoms with van der Waals surface area (Å²) in [6.45, 7) is 7.84. The number of ether oxygens (including phenoxy) is 4. The van der Waals surface area contributed by atoms with Crippen LogP contribution in [0.4, 0.5) is 0 Å². The normalized spacial score (nSPS) is 16.4. The van der Waals surface area contributed by atoms with Gasteiger partial charge in [0.25, 0.3) is 0 Å². The third-order valence-corrected chi connectivity index (χ3v) is 4.58. The molecule has 0 amide bonds. The number of aliphatic imine (C=N–C) groups is 1. The van der Waals surface area contributed by atoms with Crippen molar-refractivity contribution in [2.45, 2.75) is 26.3 Å². The van der Waals surface area contributed by atoms with E-state index in [4.69, 9.17) is 18.9 Å². The van der Waals surface area contributed by atoms with Crippen molar-refractivity contribution in [1.82, 2.24) is 10.6 Å². The van der Waals surface area contributed by atoms with Crippen LogP contribution in [0.1, 0.15) is 24.0 Å². The second-order valence-electron chi connectivity index (χ2n) is 6.96. The second kappa shape index (κ2) is 15.7. The maximum absolute atomic E-state index is 6.11. The molecule has 2 N–H and O–H groups in total. The van der Waals surface area contributed by atoms with E-state index in [1.54, 1.807) is 14.2 Å². The summed E-state index contributed by atoms with van der Waals surface area (Å²) >= 11 is 0. The largest absolute Gasteiger partial charge is 0.493 e. The summed E-state index contributed by atoms with van der Waals surface area (Å²) in [5.74, 6) is 2.19. The summed E-state index contributed by atoms with van der Waals surface area (Å²) in [4.78, 5) is 4.28. The zero-order valence-corrected chi connectivity index (χ0v) is 20.2. The Bertz CT molecular complexity index is 595. The van der Waals surface area contributed by atoms with E-state index in [1.807, 2.05) is 0 Å². The topological polar surface area (TPSA) is 73.3 Å². The number of guanidine groups is 1. The Morgan fingerprint density at radius 3 is 2.83 bits per heavy atom. The number of methoxy groups -OCH3 is 1. The quantitative estimate of drug-likeness (QED) is 0.191. The first-order valence-corrected chi connectivity index (χ1v) is 10.0. The molecule has 1 heterocycles. The van der Waals surface area contributed by atoms with Crippen LogP contribution in [0.3, 0.4) is 0 Å². The molecule has 1 aliphatic heterocycles. The van der Waals surface area contributed by atoms with Crippen molar-refractivity contribution in [2.24, 2.45) is 10.9 Å². The predicted octanol–water partition coefficient (Wildman–Crippen LogP) is 2.75. The number of benzene rings is 1. The molecule has 0 saturated carbocycles. The van der Waals surface area contributed by atoms with E-state index < -0.39 is 0 Å². The molecule has 1 fully saturated rings. The molecule has 2 rings (SSSR count). The number of rotatable bonds is 12. The van der Waals surface area contributed by atoms with Crippen LogP contribution in [-0.2, 0) is 20.8 Å². The van der Waals surface area contributed by atoms with Crippen LogP contribution < -0.4 is 15.4 Å². The predicted molar refractivity (Wildman–Crippen MR) is 127 cm³/mol. The fraction of sp³-hybridized carbons (Fsp3) is 0.667. The van der Waals surface area contributed by atoms with Gasteiger partial charge in [0.2, 0.25) is 0 Å². The summed E-state index contributed by atoms with van der Waals surface area (Å²) in [5.41, 5.74) is 2.31. The van der Waals surface area contributed by atoms with Crippen LogP contribution in [0, 0.1) is 12.8 Å². The Morgan fingerprint density at radius 2 is 2.10 bits per heavy atom. The van der Waals surface area contributed by atoms with Crippen LogP contribution in [0.5, 0.6) is 5.75 Å². The van der Waals surface area contributed by atoms with Gasteiger partial charge in [-0.2, -0.15) is 0 Å². The van der Waals surface area contributed by atoms with Gasteiger partial charge in [-0.05, 0) is 31.4 Å². The fourth-order valence-electron chi connectivity index (χ4n) is 2.89. The minimum atomic E-state index is 0. The third kappa shape index (κ3) is 10.5. The van der Waals surface area contributed by atoms with Gasteiger partial charge in [0.15, 0.2) is 5.96 Å². The number of aryl methyl sites for hydroxylation is 1. The first-order valence-electron chi connectivity index (χ1n) is 10.0. The van der Waals surface area contributed by atoms with Crippen LogP contribution >= 0.6 is 24.0 Å².